The molecule has 1 amide bonds. The Kier molecular flexibility index (Phi) is 6.20. The summed E-state index contributed by atoms with van der Waals surface area (Å²) >= 11 is 0. The van der Waals surface area contributed by atoms with Crippen LogP contribution in [0.4, 0.5) is 0 Å². The van der Waals surface area contributed by atoms with Gasteiger partial charge in [0.2, 0.25) is 5.91 Å². The normalized spacial score (nSPS) is 11.8. The molecule has 0 aliphatic heterocycles. The number of carbonyl (C=O) groups excluding carboxylic acids is 1. The van der Waals surface area contributed by atoms with Crippen LogP contribution in [0.5, 0.6) is 0 Å². The summed E-state index contributed by atoms with van der Waals surface area (Å²) in [6.07, 6.45) is 3.91. The lowest BCUT2D eigenvalue weighted by molar-refractivity contribution is -0.124. The number of nitrogens with one attached hydrogen (secondary N) is 1. The standard InChI is InChI=1S/C26H23N7O/c34-26(24(33-19-28-30-31-33)16-20-10-4-1-5-11-20)27-17-22-18-32(23-14-8-3-9-15-23)29-25(22)21-12-6-2-7-13-21/h1-15,18-19,24H,16-17H2,(H,27,34). The van der Waals surface area contributed by atoms with Crippen LogP contribution in [0.3, 0.4) is 0 Å². The second kappa shape index (κ2) is 9.91. The van der Waals surface area contributed by atoms with Crippen LogP contribution in [-0.2, 0) is 17.8 Å². The van der Waals surface area contributed by atoms with E-state index in [1.54, 1.807) is 0 Å². The molecule has 2 aromatic heterocycles. The van der Waals surface area contributed by atoms with Crippen LogP contribution in [0.15, 0.2) is 104 Å². The molecule has 34 heavy (non-hydrogen) atoms. The minimum atomic E-state index is -0.568. The summed E-state index contributed by atoms with van der Waals surface area (Å²) in [5, 5.41) is 19.3. The molecule has 1 N–H and O–H groups in total. The molecule has 1 atom stereocenters. The molecular formula is C26H23N7O. The minimum absolute atomic E-state index is 0.164. The van der Waals surface area contributed by atoms with Gasteiger partial charge >= 0.3 is 0 Å². The molecule has 0 aliphatic carbocycles. The number of benzene rings is 3. The molecule has 0 saturated carbocycles. The molecule has 5 rings (SSSR count). The third-order valence-electron chi connectivity index (χ3n) is 5.57. The zero-order chi connectivity index (χ0) is 23.2. The quantitative estimate of drug-likeness (QED) is 0.391. The van der Waals surface area contributed by atoms with Crippen molar-refractivity contribution < 1.29 is 4.79 Å². The van der Waals surface area contributed by atoms with Crippen molar-refractivity contribution in [3.8, 4) is 16.9 Å². The number of nitrogens with zero attached hydrogens (tertiary/aromatic N) is 6. The first-order chi connectivity index (χ1) is 16.8. The first kappa shape index (κ1) is 21.3. The molecule has 168 valence electrons. The molecule has 0 aliphatic rings. The molecule has 0 bridgehead atoms. The zero-order valence-electron chi connectivity index (χ0n) is 18.4. The van der Waals surface area contributed by atoms with Gasteiger partial charge in [-0.15, -0.1) is 5.10 Å². The van der Waals surface area contributed by atoms with Crippen molar-refractivity contribution in [2.75, 3.05) is 0 Å². The Morgan fingerprint density at radius 1 is 0.882 bits per heavy atom. The van der Waals surface area contributed by atoms with E-state index in [0.29, 0.717) is 13.0 Å². The van der Waals surface area contributed by atoms with Crippen molar-refractivity contribution in [3.05, 3.63) is 115 Å². The summed E-state index contributed by atoms with van der Waals surface area (Å²) in [5.74, 6) is -0.164. The van der Waals surface area contributed by atoms with Crippen molar-refractivity contribution in [1.82, 2.24) is 35.3 Å². The maximum absolute atomic E-state index is 13.3. The molecule has 0 spiro atoms. The van der Waals surface area contributed by atoms with Gasteiger partial charge in [0.1, 0.15) is 12.4 Å². The number of rotatable bonds is 8. The first-order valence-corrected chi connectivity index (χ1v) is 11.0. The summed E-state index contributed by atoms with van der Waals surface area (Å²) in [6, 6.07) is 29.1. The van der Waals surface area contributed by atoms with Crippen LogP contribution in [0.25, 0.3) is 16.9 Å². The summed E-state index contributed by atoms with van der Waals surface area (Å²) in [5.41, 5.74) is 4.71. The molecule has 0 saturated heterocycles. The van der Waals surface area contributed by atoms with E-state index in [1.807, 2.05) is 102 Å². The number of hydrogen-bond donors (Lipinski definition) is 1. The third kappa shape index (κ3) is 4.75. The van der Waals surface area contributed by atoms with E-state index in [0.717, 1.165) is 28.1 Å². The maximum Gasteiger partial charge on any atom is 0.245 e. The van der Waals surface area contributed by atoms with Gasteiger partial charge in [-0.25, -0.2) is 9.36 Å². The lowest BCUT2D eigenvalue weighted by Gasteiger charge is -2.16. The predicted molar refractivity (Wildman–Crippen MR) is 128 cm³/mol. The van der Waals surface area contributed by atoms with E-state index in [4.69, 9.17) is 5.10 Å². The first-order valence-electron chi connectivity index (χ1n) is 11.0. The Balaban J connectivity index is 1.41. The monoisotopic (exact) mass is 449 g/mol. The number of hydrogen-bond acceptors (Lipinski definition) is 5. The van der Waals surface area contributed by atoms with Crippen LogP contribution < -0.4 is 5.32 Å². The van der Waals surface area contributed by atoms with Gasteiger partial charge in [0.15, 0.2) is 0 Å². The SMILES string of the molecule is O=C(NCc1cn(-c2ccccc2)nc1-c1ccccc1)C(Cc1ccccc1)n1cnnn1. The number of carbonyl (C=O) groups is 1. The molecule has 2 heterocycles. The van der Waals surface area contributed by atoms with Gasteiger partial charge in [-0.3, -0.25) is 4.79 Å². The van der Waals surface area contributed by atoms with E-state index in [1.165, 1.54) is 11.0 Å². The smallest absolute Gasteiger partial charge is 0.245 e. The lowest BCUT2D eigenvalue weighted by atomic mass is 10.0. The summed E-state index contributed by atoms with van der Waals surface area (Å²) in [4.78, 5) is 13.3. The Bertz CT molecular complexity index is 1330. The van der Waals surface area contributed by atoms with Gasteiger partial charge in [0.05, 0.1) is 11.4 Å². The van der Waals surface area contributed by atoms with Gasteiger partial charge in [-0.2, -0.15) is 5.10 Å². The lowest BCUT2D eigenvalue weighted by Crippen LogP contribution is -2.34. The van der Waals surface area contributed by atoms with Crippen molar-refractivity contribution in [1.29, 1.82) is 0 Å². The molecule has 3 aromatic carbocycles. The van der Waals surface area contributed by atoms with Crippen LogP contribution in [0, 0.1) is 0 Å². The molecule has 0 radical (unpaired) electrons. The zero-order valence-corrected chi connectivity index (χ0v) is 18.4. The Morgan fingerprint density at radius 2 is 1.56 bits per heavy atom. The van der Waals surface area contributed by atoms with Crippen LogP contribution in [0.1, 0.15) is 17.2 Å². The van der Waals surface area contributed by atoms with E-state index in [2.05, 4.69) is 20.8 Å². The van der Waals surface area contributed by atoms with Gasteiger partial charge < -0.3 is 5.32 Å². The average molecular weight is 450 g/mol. The van der Waals surface area contributed by atoms with Crippen molar-refractivity contribution in [2.45, 2.75) is 19.0 Å². The molecule has 8 nitrogen and oxygen atoms in total. The van der Waals surface area contributed by atoms with Crippen LogP contribution in [0.2, 0.25) is 0 Å². The highest BCUT2D eigenvalue weighted by Crippen LogP contribution is 2.24. The van der Waals surface area contributed by atoms with Gasteiger partial charge in [-0.1, -0.05) is 78.9 Å². The summed E-state index contributed by atoms with van der Waals surface area (Å²) in [7, 11) is 0. The number of aromatic nitrogens is 6. The molecule has 0 fully saturated rings. The summed E-state index contributed by atoms with van der Waals surface area (Å²) in [6.45, 7) is 0.323. The molecular weight excluding hydrogens is 426 g/mol. The minimum Gasteiger partial charge on any atom is -0.350 e. The fourth-order valence-corrected chi connectivity index (χ4v) is 3.85. The largest absolute Gasteiger partial charge is 0.350 e. The van der Waals surface area contributed by atoms with E-state index in [9.17, 15) is 4.79 Å². The second-order valence-electron chi connectivity index (χ2n) is 7.86. The summed E-state index contributed by atoms with van der Waals surface area (Å²) < 4.78 is 3.33. The van der Waals surface area contributed by atoms with Crippen LogP contribution >= 0.6 is 0 Å². The van der Waals surface area contributed by atoms with E-state index in [-0.39, 0.29) is 5.91 Å². The second-order valence-corrected chi connectivity index (χ2v) is 7.86. The van der Waals surface area contributed by atoms with Gasteiger partial charge in [0, 0.05) is 30.3 Å². The number of amides is 1. The molecule has 8 heteroatoms. The Labute approximate surface area is 196 Å². The highest BCUT2D eigenvalue weighted by Gasteiger charge is 2.23. The fourth-order valence-electron chi connectivity index (χ4n) is 3.85. The molecule has 1 unspecified atom stereocenters. The number of para-hydroxylation sites is 1. The van der Waals surface area contributed by atoms with Gasteiger partial charge in [0.25, 0.3) is 0 Å². The highest BCUT2D eigenvalue weighted by atomic mass is 16.2. The Hall–Kier alpha value is -4.59. The number of tetrazole rings is 1. The molecule has 5 aromatic rings. The topological polar surface area (TPSA) is 90.5 Å². The van der Waals surface area contributed by atoms with Gasteiger partial charge in [-0.05, 0) is 28.1 Å². The van der Waals surface area contributed by atoms with Crippen LogP contribution in [-0.4, -0.2) is 35.9 Å². The highest BCUT2D eigenvalue weighted by molar-refractivity contribution is 5.80. The predicted octanol–water partition coefficient (Wildman–Crippen LogP) is 3.63. The average Bonchev–Trinajstić information content (AvgIpc) is 3.58. The third-order valence-corrected chi connectivity index (χ3v) is 5.57. The van der Waals surface area contributed by atoms with E-state index >= 15 is 0 Å². The fraction of sp³-hybridized carbons (Fsp3) is 0.115. The van der Waals surface area contributed by atoms with Crippen molar-refractivity contribution in [2.24, 2.45) is 0 Å². The maximum atomic E-state index is 13.3. The van der Waals surface area contributed by atoms with E-state index < -0.39 is 6.04 Å². The Morgan fingerprint density at radius 3 is 2.24 bits per heavy atom. The van der Waals surface area contributed by atoms with Crippen molar-refractivity contribution >= 4 is 5.91 Å². The van der Waals surface area contributed by atoms with Crippen molar-refractivity contribution in [3.63, 3.8) is 0 Å².